The average molecular weight is 308 g/mol. The summed E-state index contributed by atoms with van der Waals surface area (Å²) in [4.78, 5) is 44.1. The van der Waals surface area contributed by atoms with E-state index in [4.69, 9.17) is 4.74 Å². The van der Waals surface area contributed by atoms with Crippen molar-refractivity contribution in [2.75, 3.05) is 19.8 Å². The summed E-state index contributed by atoms with van der Waals surface area (Å²) in [6.07, 6.45) is 0.686. The number of esters is 1. The van der Waals surface area contributed by atoms with Crippen molar-refractivity contribution in [3.8, 4) is 5.75 Å². The molecule has 22 heavy (non-hydrogen) atoms. The number of aldehydes is 1. The molecule has 0 saturated carbocycles. The molecule has 0 atom stereocenters. The first kappa shape index (κ1) is 17.2. The van der Waals surface area contributed by atoms with Crippen LogP contribution in [0, 0.1) is 0 Å². The molecule has 0 aliphatic rings. The number of hydrogen-bond acceptors (Lipinski definition) is 6. The minimum Gasteiger partial charge on any atom is -0.482 e. The molecule has 1 rings (SSSR count). The molecule has 2 N–H and O–H groups in total. The maximum atomic E-state index is 11.4. The van der Waals surface area contributed by atoms with E-state index >= 15 is 0 Å². The number of nitrogens with one attached hydrogen (secondary N) is 2. The van der Waals surface area contributed by atoms with Crippen molar-refractivity contribution in [1.29, 1.82) is 0 Å². The summed E-state index contributed by atoms with van der Waals surface area (Å²) in [5.74, 6) is -1.12. The highest BCUT2D eigenvalue weighted by atomic mass is 16.6. The summed E-state index contributed by atoms with van der Waals surface area (Å²) in [7, 11) is 0. The van der Waals surface area contributed by atoms with Crippen molar-refractivity contribution >= 4 is 24.2 Å². The molecule has 0 aliphatic carbocycles. The standard InChI is InChI=1S/C14H16N2O6/c1-2-15-14(20)16-12(18)8-22-13(19)9-21-11-5-3-10(7-17)4-6-11/h3-7H,2,8-9H2,1H3,(H2,15,16,18,20). The highest BCUT2D eigenvalue weighted by Gasteiger charge is 2.10. The smallest absolute Gasteiger partial charge is 0.344 e. The first-order valence-corrected chi connectivity index (χ1v) is 6.46. The molecule has 3 amide bonds. The number of amides is 3. The molecular formula is C14H16N2O6. The third kappa shape index (κ3) is 6.51. The molecule has 0 heterocycles. The van der Waals surface area contributed by atoms with Crippen molar-refractivity contribution < 1.29 is 28.7 Å². The van der Waals surface area contributed by atoms with Crippen LogP contribution in [0.15, 0.2) is 24.3 Å². The monoisotopic (exact) mass is 308 g/mol. The SMILES string of the molecule is CCNC(=O)NC(=O)COC(=O)COc1ccc(C=O)cc1. The fourth-order valence-electron chi connectivity index (χ4n) is 1.34. The highest BCUT2D eigenvalue weighted by Crippen LogP contribution is 2.10. The van der Waals surface area contributed by atoms with Gasteiger partial charge in [0.1, 0.15) is 12.0 Å². The third-order valence-corrected chi connectivity index (χ3v) is 2.33. The number of urea groups is 1. The summed E-state index contributed by atoms with van der Waals surface area (Å²) in [6, 6.07) is 5.47. The molecule has 0 aromatic heterocycles. The van der Waals surface area contributed by atoms with Crippen LogP contribution in [0.2, 0.25) is 0 Å². The number of rotatable bonds is 7. The van der Waals surface area contributed by atoms with Crippen LogP contribution in [-0.2, 0) is 14.3 Å². The summed E-state index contributed by atoms with van der Waals surface area (Å²) < 4.78 is 9.76. The molecule has 0 spiro atoms. The molecular weight excluding hydrogens is 292 g/mol. The van der Waals surface area contributed by atoms with Crippen molar-refractivity contribution in [3.63, 3.8) is 0 Å². The van der Waals surface area contributed by atoms with Crippen LogP contribution in [0.1, 0.15) is 17.3 Å². The van der Waals surface area contributed by atoms with E-state index in [1.165, 1.54) is 24.3 Å². The Morgan fingerprint density at radius 1 is 1.14 bits per heavy atom. The number of carbonyl (C=O) groups is 4. The lowest BCUT2D eigenvalue weighted by Crippen LogP contribution is -2.41. The van der Waals surface area contributed by atoms with E-state index in [1.54, 1.807) is 6.92 Å². The van der Waals surface area contributed by atoms with Gasteiger partial charge in [-0.15, -0.1) is 0 Å². The first-order valence-electron chi connectivity index (χ1n) is 6.46. The van der Waals surface area contributed by atoms with Crippen molar-refractivity contribution in [2.45, 2.75) is 6.92 Å². The van der Waals surface area contributed by atoms with Gasteiger partial charge in [0.25, 0.3) is 5.91 Å². The van der Waals surface area contributed by atoms with Crippen LogP contribution in [0.4, 0.5) is 4.79 Å². The quantitative estimate of drug-likeness (QED) is 0.552. The van der Waals surface area contributed by atoms with Crippen LogP contribution in [0.5, 0.6) is 5.75 Å². The van der Waals surface area contributed by atoms with Gasteiger partial charge in [-0.1, -0.05) is 0 Å². The van der Waals surface area contributed by atoms with E-state index in [1.807, 2.05) is 5.32 Å². The second-order valence-corrected chi connectivity index (χ2v) is 4.04. The summed E-state index contributed by atoms with van der Waals surface area (Å²) >= 11 is 0. The highest BCUT2D eigenvalue weighted by molar-refractivity contribution is 5.95. The van der Waals surface area contributed by atoms with Gasteiger partial charge in [0.15, 0.2) is 13.2 Å². The Balaban J connectivity index is 2.26. The van der Waals surface area contributed by atoms with Crippen LogP contribution in [0.25, 0.3) is 0 Å². The normalized spacial score (nSPS) is 9.50. The lowest BCUT2D eigenvalue weighted by molar-refractivity contribution is -0.150. The van der Waals surface area contributed by atoms with E-state index in [-0.39, 0.29) is 0 Å². The molecule has 0 fully saturated rings. The maximum absolute atomic E-state index is 11.4. The predicted octanol–water partition coefficient (Wildman–Crippen LogP) is 0.267. The molecule has 1 aromatic carbocycles. The van der Waals surface area contributed by atoms with Gasteiger partial charge in [-0.05, 0) is 31.2 Å². The Labute approximate surface area is 126 Å². The van der Waals surface area contributed by atoms with E-state index in [0.29, 0.717) is 24.1 Å². The molecule has 118 valence electrons. The minimum absolute atomic E-state index is 0.371. The lowest BCUT2D eigenvalue weighted by atomic mass is 10.2. The molecule has 1 aromatic rings. The zero-order valence-electron chi connectivity index (χ0n) is 12.0. The van der Waals surface area contributed by atoms with Gasteiger partial charge >= 0.3 is 12.0 Å². The summed E-state index contributed by atoms with van der Waals surface area (Å²) in [5, 5.41) is 4.34. The Hall–Kier alpha value is -2.90. The second kappa shape index (κ2) is 9.11. The zero-order chi connectivity index (χ0) is 16.4. The topological polar surface area (TPSA) is 111 Å². The molecule has 0 saturated heterocycles. The van der Waals surface area contributed by atoms with E-state index in [0.717, 1.165) is 0 Å². The van der Waals surface area contributed by atoms with Gasteiger partial charge < -0.3 is 14.8 Å². The fraction of sp³-hybridized carbons (Fsp3) is 0.286. The van der Waals surface area contributed by atoms with Crippen LogP contribution >= 0.6 is 0 Å². The number of carbonyl (C=O) groups excluding carboxylic acids is 4. The fourth-order valence-corrected chi connectivity index (χ4v) is 1.34. The van der Waals surface area contributed by atoms with E-state index in [9.17, 15) is 19.2 Å². The summed E-state index contributed by atoms with van der Waals surface area (Å²) in [6.45, 7) is 1.09. The van der Waals surface area contributed by atoms with Crippen LogP contribution < -0.4 is 15.4 Å². The van der Waals surface area contributed by atoms with Gasteiger partial charge in [-0.25, -0.2) is 9.59 Å². The van der Waals surface area contributed by atoms with Gasteiger partial charge in [0.05, 0.1) is 0 Å². The number of benzene rings is 1. The van der Waals surface area contributed by atoms with Gasteiger partial charge in [0, 0.05) is 12.1 Å². The lowest BCUT2D eigenvalue weighted by Gasteiger charge is -2.07. The Bertz CT molecular complexity index is 541. The third-order valence-electron chi connectivity index (χ3n) is 2.33. The van der Waals surface area contributed by atoms with E-state index in [2.05, 4.69) is 10.1 Å². The second-order valence-electron chi connectivity index (χ2n) is 4.04. The largest absolute Gasteiger partial charge is 0.482 e. The predicted molar refractivity (Wildman–Crippen MR) is 75.5 cm³/mol. The van der Waals surface area contributed by atoms with Gasteiger partial charge in [-0.2, -0.15) is 0 Å². The Morgan fingerprint density at radius 2 is 1.82 bits per heavy atom. The van der Waals surface area contributed by atoms with E-state index < -0.39 is 31.1 Å². The molecule has 0 radical (unpaired) electrons. The van der Waals surface area contributed by atoms with Gasteiger partial charge in [-0.3, -0.25) is 14.9 Å². The summed E-state index contributed by atoms with van der Waals surface area (Å²) in [5.41, 5.74) is 0.483. The molecule has 0 bridgehead atoms. The number of hydrogen-bond donors (Lipinski definition) is 2. The zero-order valence-corrected chi connectivity index (χ0v) is 12.0. The van der Waals surface area contributed by atoms with Crippen molar-refractivity contribution in [3.05, 3.63) is 29.8 Å². The van der Waals surface area contributed by atoms with Crippen LogP contribution in [0.3, 0.4) is 0 Å². The van der Waals surface area contributed by atoms with Crippen molar-refractivity contribution in [1.82, 2.24) is 10.6 Å². The molecule has 8 nitrogen and oxygen atoms in total. The minimum atomic E-state index is -0.759. The van der Waals surface area contributed by atoms with Gasteiger partial charge in [0.2, 0.25) is 0 Å². The molecule has 0 unspecified atom stereocenters. The van der Waals surface area contributed by atoms with Crippen LogP contribution in [-0.4, -0.2) is 44.0 Å². The average Bonchev–Trinajstić information content (AvgIpc) is 2.51. The molecule has 0 aliphatic heterocycles. The first-order chi connectivity index (χ1) is 10.5. The van der Waals surface area contributed by atoms with Crippen molar-refractivity contribution in [2.24, 2.45) is 0 Å². The number of imide groups is 1. The maximum Gasteiger partial charge on any atom is 0.344 e. The Morgan fingerprint density at radius 3 is 2.41 bits per heavy atom. The Kier molecular flexibility index (Phi) is 7.10. The molecule has 8 heteroatoms. The number of ether oxygens (including phenoxy) is 2.